The highest BCUT2D eigenvalue weighted by atomic mass is 15.0. The fourth-order valence-electron chi connectivity index (χ4n) is 9.84. The van der Waals surface area contributed by atoms with E-state index in [0.717, 1.165) is 22.5 Å². The van der Waals surface area contributed by atoms with E-state index in [1.807, 2.05) is 0 Å². The van der Waals surface area contributed by atoms with Gasteiger partial charge < -0.3 is 9.13 Å². The van der Waals surface area contributed by atoms with Gasteiger partial charge in [-0.15, -0.1) is 0 Å². The monoisotopic (exact) mass is 735 g/mol. The van der Waals surface area contributed by atoms with Crippen molar-refractivity contribution in [2.45, 2.75) is 0 Å². The number of rotatable bonds is 4. The molecule has 0 radical (unpaired) electrons. The van der Waals surface area contributed by atoms with Crippen LogP contribution in [0.1, 0.15) is 0 Å². The molecule has 0 bridgehead atoms. The van der Waals surface area contributed by atoms with Gasteiger partial charge in [0.25, 0.3) is 0 Å². The van der Waals surface area contributed by atoms with E-state index in [4.69, 9.17) is 4.98 Å². The lowest BCUT2D eigenvalue weighted by atomic mass is 10.00. The van der Waals surface area contributed by atoms with E-state index in [-0.39, 0.29) is 0 Å². The van der Waals surface area contributed by atoms with E-state index in [0.29, 0.717) is 0 Å². The first-order valence-electron chi connectivity index (χ1n) is 20.0. The van der Waals surface area contributed by atoms with Gasteiger partial charge in [0.05, 0.1) is 33.3 Å². The Morgan fingerprint density at radius 3 is 1.74 bits per heavy atom. The molecule has 9 aromatic carbocycles. The Hall–Kier alpha value is -7.75. The SMILES string of the molecule is c1ccc(-n2c3ccc(-c4ccc5c(c4)c4ccccc4n5-c4ccc(-c5cc6c7c(cccc7n5)-c5ccccc5-6)cc4)cc3c3ccc4ccccc4c32)cc1. The van der Waals surface area contributed by atoms with Crippen LogP contribution in [0.15, 0.2) is 200 Å². The van der Waals surface area contributed by atoms with E-state index in [2.05, 4.69) is 209 Å². The second kappa shape index (κ2) is 11.9. The van der Waals surface area contributed by atoms with Gasteiger partial charge in [-0.25, -0.2) is 4.98 Å². The van der Waals surface area contributed by atoms with Crippen LogP contribution in [0.2, 0.25) is 0 Å². The third-order valence-corrected chi connectivity index (χ3v) is 12.4. The summed E-state index contributed by atoms with van der Waals surface area (Å²) in [5.41, 5.74) is 17.8. The predicted molar refractivity (Wildman–Crippen MR) is 243 cm³/mol. The molecule has 58 heavy (non-hydrogen) atoms. The summed E-state index contributed by atoms with van der Waals surface area (Å²) in [5.74, 6) is 0. The number of benzene rings is 9. The lowest BCUT2D eigenvalue weighted by Gasteiger charge is -2.11. The van der Waals surface area contributed by atoms with Crippen LogP contribution in [0.5, 0.6) is 0 Å². The summed E-state index contributed by atoms with van der Waals surface area (Å²) < 4.78 is 4.83. The smallest absolute Gasteiger partial charge is 0.0722 e. The minimum atomic E-state index is 0.992. The summed E-state index contributed by atoms with van der Waals surface area (Å²) in [6.07, 6.45) is 0. The summed E-state index contributed by atoms with van der Waals surface area (Å²) in [5, 5.41) is 8.75. The normalized spacial score (nSPS) is 12.1. The van der Waals surface area contributed by atoms with Crippen LogP contribution in [-0.2, 0) is 0 Å². The molecule has 0 spiro atoms. The minimum Gasteiger partial charge on any atom is -0.309 e. The summed E-state index contributed by atoms with van der Waals surface area (Å²) in [7, 11) is 0. The number of hydrogen-bond donors (Lipinski definition) is 0. The Balaban J connectivity index is 0.935. The molecule has 0 N–H and O–H groups in total. The first kappa shape index (κ1) is 31.5. The van der Waals surface area contributed by atoms with Crippen LogP contribution < -0.4 is 0 Å². The van der Waals surface area contributed by atoms with Crippen LogP contribution in [0.4, 0.5) is 0 Å². The van der Waals surface area contributed by atoms with E-state index >= 15 is 0 Å². The summed E-state index contributed by atoms with van der Waals surface area (Å²) >= 11 is 0. The molecular weight excluding hydrogens is 703 g/mol. The molecule has 0 amide bonds. The fourth-order valence-corrected chi connectivity index (χ4v) is 9.84. The maximum Gasteiger partial charge on any atom is 0.0722 e. The molecule has 3 heterocycles. The highest BCUT2D eigenvalue weighted by Crippen LogP contribution is 2.48. The zero-order valence-electron chi connectivity index (χ0n) is 31.4. The molecule has 3 nitrogen and oxygen atoms in total. The van der Waals surface area contributed by atoms with Crippen molar-refractivity contribution in [2.75, 3.05) is 0 Å². The van der Waals surface area contributed by atoms with Gasteiger partial charge >= 0.3 is 0 Å². The number of nitrogens with zero attached hydrogens (tertiary/aromatic N) is 3. The molecule has 0 saturated heterocycles. The third kappa shape index (κ3) is 4.41. The second-order valence-electron chi connectivity index (χ2n) is 15.5. The number of fused-ring (bicyclic) bond motifs is 11. The highest BCUT2D eigenvalue weighted by Gasteiger charge is 2.23. The fraction of sp³-hybridized carbons (Fsp3) is 0. The van der Waals surface area contributed by atoms with Crippen molar-refractivity contribution in [2.24, 2.45) is 0 Å². The summed E-state index contributed by atoms with van der Waals surface area (Å²) in [4.78, 5) is 5.18. The number of para-hydroxylation sites is 2. The number of pyridine rings is 1. The maximum absolute atomic E-state index is 5.18. The van der Waals surface area contributed by atoms with Crippen molar-refractivity contribution >= 4 is 65.3 Å². The molecule has 0 unspecified atom stereocenters. The van der Waals surface area contributed by atoms with Gasteiger partial charge in [-0.3, -0.25) is 0 Å². The largest absolute Gasteiger partial charge is 0.309 e. The molecule has 3 aromatic heterocycles. The third-order valence-electron chi connectivity index (χ3n) is 12.4. The molecule has 268 valence electrons. The van der Waals surface area contributed by atoms with Crippen LogP contribution in [0.3, 0.4) is 0 Å². The molecule has 3 heteroatoms. The Kier molecular flexibility index (Phi) is 6.44. The lowest BCUT2D eigenvalue weighted by Crippen LogP contribution is -1.94. The van der Waals surface area contributed by atoms with Gasteiger partial charge in [0, 0.05) is 49.3 Å². The molecule has 1 aliphatic rings. The van der Waals surface area contributed by atoms with Gasteiger partial charge in [0.1, 0.15) is 0 Å². The van der Waals surface area contributed by atoms with Gasteiger partial charge in [0.2, 0.25) is 0 Å². The standard InChI is InChI=1S/C55H33N3/c1-2-12-38(13-3-1)58-53-30-25-37(32-47(53)45-28-23-34-11-4-5-14-40(34)55(45)58)36-24-29-52-46(31-36)43-17-8-9-20-51(43)57(52)39-26-21-35(22-27-39)50-33-48-42-16-7-6-15-41(42)44-18-10-19-49(56-50)54(44)48/h1-33H. The van der Waals surface area contributed by atoms with E-state index < -0.39 is 0 Å². The molecule has 0 saturated carbocycles. The van der Waals surface area contributed by atoms with Gasteiger partial charge in [-0.1, -0.05) is 133 Å². The molecule has 12 aromatic rings. The van der Waals surface area contributed by atoms with Gasteiger partial charge in [-0.05, 0) is 105 Å². The molecule has 13 rings (SSSR count). The summed E-state index contributed by atoms with van der Waals surface area (Å²) in [6, 6.07) is 73.1. The molecule has 0 aliphatic heterocycles. The van der Waals surface area contributed by atoms with Crippen molar-refractivity contribution in [1.82, 2.24) is 14.1 Å². The van der Waals surface area contributed by atoms with E-state index in [1.165, 1.54) is 98.8 Å². The maximum atomic E-state index is 5.18. The van der Waals surface area contributed by atoms with E-state index in [1.54, 1.807) is 0 Å². The molecular formula is C55H33N3. The molecule has 0 atom stereocenters. The van der Waals surface area contributed by atoms with Crippen LogP contribution in [-0.4, -0.2) is 14.1 Å². The number of aromatic nitrogens is 3. The van der Waals surface area contributed by atoms with Crippen LogP contribution in [0.25, 0.3) is 121 Å². The van der Waals surface area contributed by atoms with Crippen molar-refractivity contribution in [3.05, 3.63) is 200 Å². The average Bonchev–Trinajstić information content (AvgIpc) is 3.93. The molecule has 1 aliphatic carbocycles. The number of hydrogen-bond acceptors (Lipinski definition) is 1. The predicted octanol–water partition coefficient (Wildman–Crippen LogP) is 14.6. The van der Waals surface area contributed by atoms with Gasteiger partial charge in [0.15, 0.2) is 0 Å². The first-order chi connectivity index (χ1) is 28.8. The lowest BCUT2D eigenvalue weighted by molar-refractivity contribution is 1.18. The topological polar surface area (TPSA) is 22.8 Å². The second-order valence-corrected chi connectivity index (χ2v) is 15.5. The van der Waals surface area contributed by atoms with Crippen molar-refractivity contribution in [3.63, 3.8) is 0 Å². The van der Waals surface area contributed by atoms with Crippen molar-refractivity contribution in [3.8, 4) is 56.0 Å². The van der Waals surface area contributed by atoms with Crippen molar-refractivity contribution < 1.29 is 0 Å². The van der Waals surface area contributed by atoms with Crippen LogP contribution in [0, 0.1) is 0 Å². The minimum absolute atomic E-state index is 0.992. The Bertz CT molecular complexity index is 3660. The first-order valence-corrected chi connectivity index (χ1v) is 20.0. The average molecular weight is 736 g/mol. The van der Waals surface area contributed by atoms with Gasteiger partial charge in [-0.2, -0.15) is 0 Å². The highest BCUT2D eigenvalue weighted by molar-refractivity contribution is 6.20. The Morgan fingerprint density at radius 1 is 0.328 bits per heavy atom. The van der Waals surface area contributed by atoms with Crippen LogP contribution >= 0.6 is 0 Å². The van der Waals surface area contributed by atoms with E-state index in [9.17, 15) is 0 Å². The zero-order valence-corrected chi connectivity index (χ0v) is 31.4. The zero-order chi connectivity index (χ0) is 37.9. The Morgan fingerprint density at radius 2 is 0.931 bits per heavy atom. The molecule has 0 fully saturated rings. The van der Waals surface area contributed by atoms with Crippen molar-refractivity contribution in [1.29, 1.82) is 0 Å². The quantitative estimate of drug-likeness (QED) is 0.176. The summed E-state index contributed by atoms with van der Waals surface area (Å²) in [6.45, 7) is 0. The Labute approximate surface area is 334 Å².